The molecule has 4 nitrogen and oxygen atoms in total. The predicted molar refractivity (Wildman–Crippen MR) is 80.7 cm³/mol. The molecule has 1 aliphatic rings. The summed E-state index contributed by atoms with van der Waals surface area (Å²) in [5.74, 6) is 0.163. The number of benzene rings is 2. The maximum Gasteiger partial charge on any atom is 0.240 e. The Kier molecular flexibility index (Phi) is 3.62. The van der Waals surface area contributed by atoms with Crippen LogP contribution >= 0.6 is 0 Å². The van der Waals surface area contributed by atoms with Gasteiger partial charge in [0.2, 0.25) is 5.91 Å². The number of nitrogens with zero attached hydrogens (tertiary/aromatic N) is 1. The maximum absolute atomic E-state index is 12.3. The van der Waals surface area contributed by atoms with Gasteiger partial charge in [-0.3, -0.25) is 4.79 Å². The number of amides is 1. The monoisotopic (exact) mass is 282 g/mol. The van der Waals surface area contributed by atoms with Gasteiger partial charge in [-0.05, 0) is 29.7 Å². The second-order valence-electron chi connectivity index (χ2n) is 5.34. The van der Waals surface area contributed by atoms with Crippen molar-refractivity contribution in [1.82, 2.24) is 4.90 Å². The first-order valence-corrected chi connectivity index (χ1v) is 7.07. The van der Waals surface area contributed by atoms with Crippen molar-refractivity contribution >= 4 is 5.91 Å². The second kappa shape index (κ2) is 5.58. The Morgan fingerprint density at radius 1 is 1.10 bits per heavy atom. The zero-order valence-corrected chi connectivity index (χ0v) is 11.6. The van der Waals surface area contributed by atoms with Crippen molar-refractivity contribution in [2.75, 3.05) is 6.54 Å². The molecule has 0 bridgehead atoms. The molecule has 108 valence electrons. The van der Waals surface area contributed by atoms with E-state index in [0.29, 0.717) is 13.0 Å². The minimum absolute atomic E-state index is 0.0350. The predicted octanol–water partition coefficient (Wildman–Crippen LogP) is 2.04. The summed E-state index contributed by atoms with van der Waals surface area (Å²) in [5, 5.41) is 9.74. The lowest BCUT2D eigenvalue weighted by Crippen LogP contribution is -2.37. The molecule has 3 N–H and O–H groups in total. The van der Waals surface area contributed by atoms with E-state index in [0.717, 1.165) is 11.1 Å². The molecule has 3 rings (SSSR count). The van der Waals surface area contributed by atoms with E-state index in [1.54, 1.807) is 23.1 Å². The van der Waals surface area contributed by atoms with Crippen LogP contribution in [-0.4, -0.2) is 28.5 Å². The van der Waals surface area contributed by atoms with Crippen LogP contribution in [-0.2, 0) is 4.79 Å². The first-order chi connectivity index (χ1) is 10.2. The average molecular weight is 282 g/mol. The molecular weight excluding hydrogens is 264 g/mol. The molecule has 0 spiro atoms. The standard InChI is InChI=1S/C17H18N2O2/c18-15-9-10-19(17(15)21)16(12-5-2-1-3-6-12)13-7-4-8-14(20)11-13/h1-8,11,15-16,20H,9-10,18H2/t15-,16-/m1/s1. The molecule has 1 saturated heterocycles. The number of phenols is 1. The van der Waals surface area contributed by atoms with Crippen LogP contribution in [0, 0.1) is 0 Å². The minimum Gasteiger partial charge on any atom is -0.508 e. The Hall–Kier alpha value is -2.33. The first-order valence-electron chi connectivity index (χ1n) is 7.07. The summed E-state index contributed by atoms with van der Waals surface area (Å²) < 4.78 is 0. The van der Waals surface area contributed by atoms with Crippen LogP contribution in [0.3, 0.4) is 0 Å². The Morgan fingerprint density at radius 2 is 1.81 bits per heavy atom. The van der Waals surface area contributed by atoms with Crippen molar-refractivity contribution < 1.29 is 9.90 Å². The van der Waals surface area contributed by atoms with Gasteiger partial charge in [-0.15, -0.1) is 0 Å². The number of nitrogens with two attached hydrogens (primary N) is 1. The zero-order chi connectivity index (χ0) is 14.8. The number of rotatable bonds is 3. The van der Waals surface area contributed by atoms with Gasteiger partial charge in [0, 0.05) is 6.54 Å². The van der Waals surface area contributed by atoms with Crippen molar-refractivity contribution in [2.24, 2.45) is 5.73 Å². The summed E-state index contributed by atoms with van der Waals surface area (Å²) in [7, 11) is 0. The van der Waals surface area contributed by atoms with Gasteiger partial charge in [0.15, 0.2) is 0 Å². The highest BCUT2D eigenvalue weighted by molar-refractivity contribution is 5.84. The van der Waals surface area contributed by atoms with E-state index >= 15 is 0 Å². The molecule has 0 aliphatic carbocycles. The van der Waals surface area contributed by atoms with Crippen molar-refractivity contribution in [2.45, 2.75) is 18.5 Å². The quantitative estimate of drug-likeness (QED) is 0.905. The molecule has 1 aliphatic heterocycles. The van der Waals surface area contributed by atoms with E-state index in [1.807, 2.05) is 36.4 Å². The van der Waals surface area contributed by atoms with Crippen molar-refractivity contribution in [3.05, 3.63) is 65.7 Å². The van der Waals surface area contributed by atoms with Crippen LogP contribution in [0.2, 0.25) is 0 Å². The molecule has 21 heavy (non-hydrogen) atoms. The Balaban J connectivity index is 2.06. The largest absolute Gasteiger partial charge is 0.508 e. The number of hydrogen-bond donors (Lipinski definition) is 2. The highest BCUT2D eigenvalue weighted by Gasteiger charge is 2.35. The summed E-state index contributed by atoms with van der Waals surface area (Å²) in [4.78, 5) is 14.1. The fraction of sp³-hybridized carbons (Fsp3) is 0.235. The molecular formula is C17H18N2O2. The molecule has 0 radical (unpaired) electrons. The molecule has 4 heteroatoms. The summed E-state index contributed by atoms with van der Waals surface area (Å²) in [6.07, 6.45) is 0.668. The molecule has 0 saturated carbocycles. The third-order valence-corrected chi connectivity index (χ3v) is 3.89. The van der Waals surface area contributed by atoms with Gasteiger partial charge in [-0.25, -0.2) is 0 Å². The fourth-order valence-corrected chi connectivity index (χ4v) is 2.86. The average Bonchev–Trinajstić information content (AvgIpc) is 2.81. The van der Waals surface area contributed by atoms with E-state index in [-0.39, 0.29) is 17.7 Å². The molecule has 0 aromatic heterocycles. The highest BCUT2D eigenvalue weighted by Crippen LogP contribution is 2.33. The number of likely N-dealkylation sites (tertiary alicyclic amines) is 1. The number of phenolic OH excluding ortho intramolecular Hbond substituents is 1. The minimum atomic E-state index is -0.423. The third-order valence-electron chi connectivity index (χ3n) is 3.89. The number of hydrogen-bond acceptors (Lipinski definition) is 3. The number of carbonyl (C=O) groups is 1. The Labute approximate surface area is 123 Å². The number of carbonyl (C=O) groups excluding carboxylic acids is 1. The van der Waals surface area contributed by atoms with Crippen LogP contribution in [0.15, 0.2) is 54.6 Å². The number of aromatic hydroxyl groups is 1. The Morgan fingerprint density at radius 3 is 2.43 bits per heavy atom. The van der Waals surface area contributed by atoms with Gasteiger partial charge in [-0.2, -0.15) is 0 Å². The smallest absolute Gasteiger partial charge is 0.240 e. The van der Waals surface area contributed by atoms with E-state index < -0.39 is 6.04 Å². The normalized spacial score (nSPS) is 19.8. The first kappa shape index (κ1) is 13.6. The van der Waals surface area contributed by atoms with Gasteiger partial charge in [0.05, 0.1) is 12.1 Å². The van der Waals surface area contributed by atoms with Gasteiger partial charge in [-0.1, -0.05) is 42.5 Å². The summed E-state index contributed by atoms with van der Waals surface area (Å²) >= 11 is 0. The topological polar surface area (TPSA) is 66.6 Å². The van der Waals surface area contributed by atoms with Gasteiger partial charge in [0.25, 0.3) is 0 Å². The molecule has 2 atom stereocenters. The highest BCUT2D eigenvalue weighted by atomic mass is 16.3. The second-order valence-corrected chi connectivity index (χ2v) is 5.34. The third kappa shape index (κ3) is 2.62. The summed E-state index contributed by atoms with van der Waals surface area (Å²) in [6, 6.07) is 16.2. The maximum atomic E-state index is 12.3. The fourth-order valence-electron chi connectivity index (χ4n) is 2.86. The van der Waals surface area contributed by atoms with Crippen molar-refractivity contribution in [3.63, 3.8) is 0 Å². The summed E-state index contributed by atoms with van der Waals surface area (Å²) in [5.41, 5.74) is 7.76. The van der Waals surface area contributed by atoms with E-state index in [4.69, 9.17) is 5.73 Å². The van der Waals surface area contributed by atoms with E-state index in [1.165, 1.54) is 0 Å². The van der Waals surface area contributed by atoms with Crippen molar-refractivity contribution in [3.8, 4) is 5.75 Å². The molecule has 1 fully saturated rings. The van der Waals surface area contributed by atoms with Gasteiger partial charge in [0.1, 0.15) is 5.75 Å². The van der Waals surface area contributed by atoms with Crippen molar-refractivity contribution in [1.29, 1.82) is 0 Å². The lowest BCUT2D eigenvalue weighted by molar-refractivity contribution is -0.130. The SMILES string of the molecule is N[C@@H]1CCN([C@H](c2ccccc2)c2cccc(O)c2)C1=O. The van der Waals surface area contributed by atoms with Gasteiger partial charge < -0.3 is 15.7 Å². The van der Waals surface area contributed by atoms with Crippen LogP contribution < -0.4 is 5.73 Å². The van der Waals surface area contributed by atoms with Crippen LogP contribution in [0.5, 0.6) is 5.75 Å². The summed E-state index contributed by atoms with van der Waals surface area (Å²) in [6.45, 7) is 0.634. The van der Waals surface area contributed by atoms with Gasteiger partial charge >= 0.3 is 0 Å². The molecule has 1 heterocycles. The lowest BCUT2D eigenvalue weighted by atomic mass is 9.97. The van der Waals surface area contributed by atoms with Crippen LogP contribution in [0.25, 0.3) is 0 Å². The van der Waals surface area contributed by atoms with E-state index in [9.17, 15) is 9.90 Å². The molecule has 2 aromatic carbocycles. The van der Waals surface area contributed by atoms with Crippen LogP contribution in [0.4, 0.5) is 0 Å². The Bertz CT molecular complexity index is 642. The van der Waals surface area contributed by atoms with Crippen LogP contribution in [0.1, 0.15) is 23.6 Å². The molecule has 0 unspecified atom stereocenters. The molecule has 2 aromatic rings. The zero-order valence-electron chi connectivity index (χ0n) is 11.6. The molecule has 1 amide bonds. The van der Waals surface area contributed by atoms with E-state index in [2.05, 4.69) is 0 Å². The lowest BCUT2D eigenvalue weighted by Gasteiger charge is -2.29.